The van der Waals surface area contributed by atoms with Crippen LogP contribution in [0.4, 0.5) is 11.9 Å². The Labute approximate surface area is 99.5 Å². The Morgan fingerprint density at radius 2 is 2.00 bits per heavy atom. The van der Waals surface area contributed by atoms with Gasteiger partial charge in [-0.3, -0.25) is 0 Å². The minimum atomic E-state index is -0.281. The zero-order chi connectivity index (χ0) is 12.0. The second-order valence-corrected chi connectivity index (χ2v) is 3.76. The first-order chi connectivity index (χ1) is 7.61. The molecule has 0 radical (unpaired) electrons. The molecule has 0 saturated carbocycles. The smallest absolute Gasteiger partial charge is 0.228 e. The molecule has 1 unspecified atom stereocenters. The van der Waals surface area contributed by atoms with Crippen molar-refractivity contribution >= 4 is 23.5 Å². The number of aliphatic hydroxyl groups excluding tert-OH is 1. The van der Waals surface area contributed by atoms with Crippen molar-refractivity contribution in [3.8, 4) is 0 Å². The van der Waals surface area contributed by atoms with Crippen LogP contribution >= 0.6 is 11.6 Å². The molecule has 6 nitrogen and oxygen atoms in total. The second kappa shape index (κ2) is 6.44. The van der Waals surface area contributed by atoms with Gasteiger partial charge in [-0.15, -0.1) is 0 Å². The number of nitrogens with zero attached hydrogens (tertiary/aromatic N) is 3. The number of halogens is 1. The van der Waals surface area contributed by atoms with Crippen LogP contribution in [0.2, 0.25) is 5.28 Å². The number of anilines is 2. The first-order valence-corrected chi connectivity index (χ1v) is 5.51. The highest BCUT2D eigenvalue weighted by Gasteiger charge is 2.03. The van der Waals surface area contributed by atoms with E-state index in [1.54, 1.807) is 14.0 Å². The summed E-state index contributed by atoms with van der Waals surface area (Å²) in [5.41, 5.74) is 0. The van der Waals surface area contributed by atoms with Gasteiger partial charge in [0.05, 0.1) is 6.10 Å². The van der Waals surface area contributed by atoms with Crippen LogP contribution in [0, 0.1) is 0 Å². The van der Waals surface area contributed by atoms with Gasteiger partial charge in [-0.05, 0) is 31.4 Å². The minimum Gasteiger partial charge on any atom is -0.393 e. The average Bonchev–Trinajstić information content (AvgIpc) is 2.23. The molecule has 1 heterocycles. The van der Waals surface area contributed by atoms with Crippen LogP contribution in [0.3, 0.4) is 0 Å². The van der Waals surface area contributed by atoms with Crippen molar-refractivity contribution in [2.24, 2.45) is 0 Å². The highest BCUT2D eigenvalue weighted by molar-refractivity contribution is 6.28. The second-order valence-electron chi connectivity index (χ2n) is 3.42. The third-order valence-electron chi connectivity index (χ3n) is 1.91. The fraction of sp³-hybridized carbons (Fsp3) is 0.667. The van der Waals surface area contributed by atoms with E-state index < -0.39 is 0 Å². The highest BCUT2D eigenvalue weighted by Crippen LogP contribution is 2.09. The lowest BCUT2D eigenvalue weighted by Gasteiger charge is -2.07. The summed E-state index contributed by atoms with van der Waals surface area (Å²) in [5.74, 6) is 0.868. The van der Waals surface area contributed by atoms with Crippen LogP contribution < -0.4 is 10.6 Å². The van der Waals surface area contributed by atoms with Crippen LogP contribution in [-0.2, 0) is 0 Å². The quantitative estimate of drug-likeness (QED) is 0.652. The normalized spacial score (nSPS) is 12.2. The van der Waals surface area contributed by atoms with Gasteiger partial charge < -0.3 is 15.7 Å². The summed E-state index contributed by atoms with van der Waals surface area (Å²) < 4.78 is 0. The lowest BCUT2D eigenvalue weighted by Crippen LogP contribution is -2.10. The van der Waals surface area contributed by atoms with E-state index in [1.807, 2.05) is 0 Å². The molecular weight excluding hydrogens is 230 g/mol. The van der Waals surface area contributed by atoms with E-state index in [9.17, 15) is 0 Å². The summed E-state index contributed by atoms with van der Waals surface area (Å²) >= 11 is 5.71. The Morgan fingerprint density at radius 3 is 2.62 bits per heavy atom. The predicted octanol–water partition coefficient (Wildman–Crippen LogP) is 1.14. The standard InChI is InChI=1S/C9H16ClN5O/c1-6(16)4-3-5-12-9-14-7(10)13-8(11-2)15-9/h6,16H,3-5H2,1-2H3,(H2,11,12,13,14,15). The Morgan fingerprint density at radius 1 is 1.31 bits per heavy atom. The molecule has 1 rings (SSSR count). The van der Waals surface area contributed by atoms with Gasteiger partial charge in [0.2, 0.25) is 17.2 Å². The third kappa shape index (κ3) is 4.59. The first-order valence-electron chi connectivity index (χ1n) is 5.13. The van der Waals surface area contributed by atoms with Crippen LogP contribution in [0.15, 0.2) is 0 Å². The maximum Gasteiger partial charge on any atom is 0.228 e. The molecule has 0 bridgehead atoms. The van der Waals surface area contributed by atoms with Gasteiger partial charge in [0, 0.05) is 13.6 Å². The molecule has 0 amide bonds. The van der Waals surface area contributed by atoms with E-state index >= 15 is 0 Å². The number of nitrogens with one attached hydrogen (secondary N) is 2. The van der Waals surface area contributed by atoms with Crippen molar-refractivity contribution in [2.75, 3.05) is 24.2 Å². The van der Waals surface area contributed by atoms with Crippen molar-refractivity contribution < 1.29 is 5.11 Å². The molecule has 0 aromatic carbocycles. The summed E-state index contributed by atoms with van der Waals surface area (Å²) in [5, 5.41) is 15.0. The summed E-state index contributed by atoms with van der Waals surface area (Å²) in [6.07, 6.45) is 1.30. The van der Waals surface area contributed by atoms with E-state index in [2.05, 4.69) is 25.6 Å². The Bertz CT molecular complexity index is 334. The molecule has 1 atom stereocenters. The molecule has 0 fully saturated rings. The fourth-order valence-electron chi connectivity index (χ4n) is 1.14. The average molecular weight is 246 g/mol. The minimum absolute atomic E-state index is 0.150. The fourth-order valence-corrected chi connectivity index (χ4v) is 1.30. The van der Waals surface area contributed by atoms with E-state index in [0.29, 0.717) is 18.4 Å². The van der Waals surface area contributed by atoms with Gasteiger partial charge in [-0.1, -0.05) is 0 Å². The molecule has 1 aromatic heterocycles. The molecule has 16 heavy (non-hydrogen) atoms. The summed E-state index contributed by atoms with van der Waals surface area (Å²) in [6, 6.07) is 0. The molecule has 7 heteroatoms. The Balaban J connectivity index is 2.44. The van der Waals surface area contributed by atoms with E-state index in [-0.39, 0.29) is 11.4 Å². The van der Waals surface area contributed by atoms with Crippen molar-refractivity contribution in [1.82, 2.24) is 15.0 Å². The van der Waals surface area contributed by atoms with Crippen LogP contribution in [-0.4, -0.2) is 39.8 Å². The largest absolute Gasteiger partial charge is 0.393 e. The SMILES string of the molecule is CNc1nc(Cl)nc(NCCCC(C)O)n1. The van der Waals surface area contributed by atoms with Crippen LogP contribution in [0.1, 0.15) is 19.8 Å². The molecule has 1 aromatic rings. The number of hydrogen-bond donors (Lipinski definition) is 3. The summed E-state index contributed by atoms with van der Waals surface area (Å²) in [4.78, 5) is 11.9. The van der Waals surface area contributed by atoms with Gasteiger partial charge in [-0.25, -0.2) is 0 Å². The van der Waals surface area contributed by atoms with Crippen molar-refractivity contribution in [2.45, 2.75) is 25.9 Å². The lowest BCUT2D eigenvalue weighted by atomic mass is 10.2. The number of rotatable bonds is 6. The molecule has 0 spiro atoms. The predicted molar refractivity (Wildman–Crippen MR) is 63.8 cm³/mol. The van der Waals surface area contributed by atoms with E-state index in [4.69, 9.17) is 16.7 Å². The van der Waals surface area contributed by atoms with Crippen molar-refractivity contribution in [3.63, 3.8) is 0 Å². The molecule has 0 aliphatic heterocycles. The Kier molecular flexibility index (Phi) is 5.21. The van der Waals surface area contributed by atoms with E-state index in [0.717, 1.165) is 12.8 Å². The zero-order valence-electron chi connectivity index (χ0n) is 9.37. The molecule has 0 aliphatic rings. The number of aromatic nitrogens is 3. The lowest BCUT2D eigenvalue weighted by molar-refractivity contribution is 0.183. The maximum absolute atomic E-state index is 9.08. The molecule has 0 saturated heterocycles. The van der Waals surface area contributed by atoms with Crippen LogP contribution in [0.5, 0.6) is 0 Å². The third-order valence-corrected chi connectivity index (χ3v) is 2.08. The van der Waals surface area contributed by atoms with Crippen LogP contribution in [0.25, 0.3) is 0 Å². The molecule has 3 N–H and O–H groups in total. The topological polar surface area (TPSA) is 83.0 Å². The van der Waals surface area contributed by atoms with Gasteiger partial charge in [0.1, 0.15) is 0 Å². The Hall–Kier alpha value is -1.14. The first kappa shape index (κ1) is 12.9. The molecule has 90 valence electrons. The monoisotopic (exact) mass is 245 g/mol. The van der Waals surface area contributed by atoms with Gasteiger partial charge in [0.25, 0.3) is 0 Å². The zero-order valence-corrected chi connectivity index (χ0v) is 10.1. The molecule has 0 aliphatic carbocycles. The van der Waals surface area contributed by atoms with E-state index in [1.165, 1.54) is 0 Å². The van der Waals surface area contributed by atoms with Crippen molar-refractivity contribution in [1.29, 1.82) is 0 Å². The van der Waals surface area contributed by atoms with Crippen molar-refractivity contribution in [3.05, 3.63) is 5.28 Å². The maximum atomic E-state index is 9.08. The van der Waals surface area contributed by atoms with Gasteiger partial charge in [0.15, 0.2) is 0 Å². The van der Waals surface area contributed by atoms with Gasteiger partial charge in [-0.2, -0.15) is 15.0 Å². The number of aliphatic hydroxyl groups is 1. The molecular formula is C9H16ClN5O. The van der Waals surface area contributed by atoms with Gasteiger partial charge >= 0.3 is 0 Å². The summed E-state index contributed by atoms with van der Waals surface area (Å²) in [6.45, 7) is 2.45. The highest BCUT2D eigenvalue weighted by atomic mass is 35.5. The summed E-state index contributed by atoms with van der Waals surface area (Å²) in [7, 11) is 1.71. The number of hydrogen-bond acceptors (Lipinski definition) is 6.